The zero-order valence-corrected chi connectivity index (χ0v) is 10.2. The first kappa shape index (κ1) is 13.5. The van der Waals surface area contributed by atoms with E-state index in [1.807, 2.05) is 0 Å². The second-order valence-corrected chi connectivity index (χ2v) is 4.16. The molecule has 0 amide bonds. The van der Waals surface area contributed by atoms with Crippen molar-refractivity contribution in [1.82, 2.24) is 20.3 Å². The van der Waals surface area contributed by atoms with Gasteiger partial charge >= 0.3 is 6.18 Å². The summed E-state index contributed by atoms with van der Waals surface area (Å²) in [7, 11) is 0. The number of hydrogen-bond donors (Lipinski definition) is 1. The smallest absolute Gasteiger partial charge is 0.302 e. The lowest BCUT2D eigenvalue weighted by Gasteiger charge is -2.16. The van der Waals surface area contributed by atoms with Gasteiger partial charge in [-0.05, 0) is 24.6 Å². The monoisotopic (exact) mass is 270 g/mol. The van der Waals surface area contributed by atoms with Crippen LogP contribution in [0.4, 0.5) is 13.2 Å². The number of alkyl halides is 3. The van der Waals surface area contributed by atoms with Gasteiger partial charge < -0.3 is 5.32 Å². The predicted molar refractivity (Wildman–Crippen MR) is 63.8 cm³/mol. The van der Waals surface area contributed by atoms with Crippen molar-refractivity contribution >= 4 is 0 Å². The molecule has 1 atom stereocenters. The maximum Gasteiger partial charge on any atom is 0.401 e. The van der Waals surface area contributed by atoms with Gasteiger partial charge in [0.15, 0.2) is 0 Å². The van der Waals surface area contributed by atoms with Crippen molar-refractivity contribution in [3.05, 3.63) is 42.2 Å². The molecule has 0 saturated heterocycles. The van der Waals surface area contributed by atoms with E-state index in [1.54, 1.807) is 48.3 Å². The molecule has 0 saturated carbocycles. The second-order valence-electron chi connectivity index (χ2n) is 4.16. The molecule has 0 bridgehead atoms. The molecule has 0 aliphatic heterocycles. The molecule has 0 unspecified atom stereocenters. The Kier molecular flexibility index (Phi) is 3.84. The summed E-state index contributed by atoms with van der Waals surface area (Å²) in [5, 5.41) is 9.95. The maximum atomic E-state index is 12.1. The van der Waals surface area contributed by atoms with Crippen LogP contribution in [0.2, 0.25) is 0 Å². The Morgan fingerprint density at radius 1 is 1.26 bits per heavy atom. The van der Waals surface area contributed by atoms with Gasteiger partial charge in [0.05, 0.1) is 24.6 Å². The number of hydrogen-bond acceptors (Lipinski definition) is 3. The molecule has 0 aliphatic rings. The minimum atomic E-state index is -4.20. The number of nitrogens with zero attached hydrogens (tertiary/aromatic N) is 3. The molecule has 2 aromatic rings. The van der Waals surface area contributed by atoms with Crippen molar-refractivity contribution in [3.8, 4) is 5.69 Å². The second kappa shape index (κ2) is 5.40. The Balaban J connectivity index is 2.02. The van der Waals surface area contributed by atoms with E-state index in [4.69, 9.17) is 0 Å². The molecular weight excluding hydrogens is 257 g/mol. The third kappa shape index (κ3) is 3.78. The van der Waals surface area contributed by atoms with Crippen molar-refractivity contribution in [2.75, 3.05) is 6.54 Å². The normalized spacial score (nSPS) is 13.5. The van der Waals surface area contributed by atoms with E-state index >= 15 is 0 Å². The Morgan fingerprint density at radius 2 is 1.95 bits per heavy atom. The van der Waals surface area contributed by atoms with Crippen LogP contribution in [0.15, 0.2) is 36.7 Å². The van der Waals surface area contributed by atoms with Gasteiger partial charge in [0.25, 0.3) is 0 Å². The van der Waals surface area contributed by atoms with Crippen LogP contribution in [0, 0.1) is 0 Å². The molecule has 19 heavy (non-hydrogen) atoms. The summed E-state index contributed by atoms with van der Waals surface area (Å²) in [4.78, 5) is 0. The fraction of sp³-hybridized carbons (Fsp3) is 0.333. The van der Waals surface area contributed by atoms with Gasteiger partial charge in [-0.3, -0.25) is 0 Å². The molecule has 2 rings (SSSR count). The van der Waals surface area contributed by atoms with E-state index in [1.165, 1.54) is 0 Å². The zero-order valence-electron chi connectivity index (χ0n) is 10.2. The highest BCUT2D eigenvalue weighted by molar-refractivity contribution is 5.34. The molecule has 7 heteroatoms. The minimum Gasteiger partial charge on any atom is -0.302 e. The van der Waals surface area contributed by atoms with E-state index in [9.17, 15) is 13.2 Å². The van der Waals surface area contributed by atoms with Gasteiger partial charge in [0.1, 0.15) is 0 Å². The van der Waals surface area contributed by atoms with Crippen molar-refractivity contribution < 1.29 is 13.2 Å². The Labute approximate surface area is 108 Å². The van der Waals surface area contributed by atoms with Crippen LogP contribution < -0.4 is 5.32 Å². The molecule has 4 nitrogen and oxygen atoms in total. The largest absolute Gasteiger partial charge is 0.401 e. The Hall–Kier alpha value is -1.89. The summed E-state index contributed by atoms with van der Waals surface area (Å²) >= 11 is 0. The van der Waals surface area contributed by atoms with Gasteiger partial charge in [0, 0.05) is 6.04 Å². The maximum absolute atomic E-state index is 12.1. The summed E-state index contributed by atoms with van der Waals surface area (Å²) in [6.45, 7) is 0.690. The summed E-state index contributed by atoms with van der Waals surface area (Å²) in [5.41, 5.74) is 1.59. The van der Waals surface area contributed by atoms with E-state index in [0.717, 1.165) is 11.3 Å². The molecular formula is C12H13F3N4. The van der Waals surface area contributed by atoms with Crippen molar-refractivity contribution in [2.24, 2.45) is 0 Å². The standard InChI is InChI=1S/C12H13F3N4/c1-9(16-8-12(13,14)15)10-2-4-11(5-3-10)19-7-6-17-18-19/h2-7,9,16H,8H2,1H3/t9-/m1/s1. The van der Waals surface area contributed by atoms with E-state index in [0.29, 0.717) is 0 Å². The average molecular weight is 270 g/mol. The molecule has 0 fully saturated rings. The van der Waals surface area contributed by atoms with Crippen LogP contribution in [0.1, 0.15) is 18.5 Å². The highest BCUT2D eigenvalue weighted by Gasteiger charge is 2.27. The number of benzene rings is 1. The van der Waals surface area contributed by atoms with Crippen LogP contribution in [0.25, 0.3) is 5.69 Å². The lowest BCUT2D eigenvalue weighted by Crippen LogP contribution is -2.30. The summed E-state index contributed by atoms with van der Waals surface area (Å²) in [6.07, 6.45) is -0.948. The third-order valence-corrected chi connectivity index (χ3v) is 2.69. The Bertz CT molecular complexity index is 505. The van der Waals surface area contributed by atoms with Crippen molar-refractivity contribution in [1.29, 1.82) is 0 Å². The lowest BCUT2D eigenvalue weighted by atomic mass is 10.1. The summed E-state index contributed by atoms with van der Waals surface area (Å²) < 4.78 is 37.9. The first-order chi connectivity index (χ1) is 8.96. The lowest BCUT2D eigenvalue weighted by molar-refractivity contribution is -0.126. The predicted octanol–water partition coefficient (Wildman–Crippen LogP) is 2.48. The molecule has 1 heterocycles. The average Bonchev–Trinajstić information content (AvgIpc) is 2.89. The quantitative estimate of drug-likeness (QED) is 0.928. The molecule has 102 valence electrons. The van der Waals surface area contributed by atoms with E-state index < -0.39 is 12.7 Å². The fourth-order valence-electron chi connectivity index (χ4n) is 1.65. The highest BCUT2D eigenvalue weighted by Crippen LogP contribution is 2.18. The molecule has 1 N–H and O–H groups in total. The van der Waals surface area contributed by atoms with Crippen LogP contribution in [0.5, 0.6) is 0 Å². The minimum absolute atomic E-state index is 0.369. The molecule has 1 aromatic heterocycles. The van der Waals surface area contributed by atoms with Crippen molar-refractivity contribution in [2.45, 2.75) is 19.1 Å². The molecule has 1 aromatic carbocycles. The third-order valence-electron chi connectivity index (χ3n) is 2.69. The molecule has 0 aliphatic carbocycles. The number of aromatic nitrogens is 3. The van der Waals surface area contributed by atoms with E-state index in [-0.39, 0.29) is 6.04 Å². The Morgan fingerprint density at radius 3 is 2.47 bits per heavy atom. The number of rotatable bonds is 4. The highest BCUT2D eigenvalue weighted by atomic mass is 19.4. The summed E-state index contributed by atoms with van der Waals surface area (Å²) in [6, 6.07) is 6.74. The van der Waals surface area contributed by atoms with Crippen LogP contribution in [-0.2, 0) is 0 Å². The van der Waals surface area contributed by atoms with Gasteiger partial charge in [-0.25, -0.2) is 4.68 Å². The topological polar surface area (TPSA) is 42.7 Å². The molecule has 0 radical (unpaired) electrons. The SMILES string of the molecule is C[C@@H](NCC(F)(F)F)c1ccc(-n2ccnn2)cc1. The van der Waals surface area contributed by atoms with Gasteiger partial charge in [-0.15, -0.1) is 5.10 Å². The zero-order chi connectivity index (χ0) is 13.9. The van der Waals surface area contributed by atoms with Crippen molar-refractivity contribution in [3.63, 3.8) is 0 Å². The van der Waals surface area contributed by atoms with Crippen LogP contribution in [-0.4, -0.2) is 27.7 Å². The fourth-order valence-corrected chi connectivity index (χ4v) is 1.65. The van der Waals surface area contributed by atoms with Gasteiger partial charge in [-0.2, -0.15) is 13.2 Å². The molecule has 0 spiro atoms. The van der Waals surface area contributed by atoms with Gasteiger partial charge in [-0.1, -0.05) is 17.3 Å². The number of nitrogens with one attached hydrogen (secondary N) is 1. The first-order valence-corrected chi connectivity index (χ1v) is 5.72. The summed E-state index contributed by atoms with van der Waals surface area (Å²) in [5.74, 6) is 0. The first-order valence-electron chi connectivity index (χ1n) is 5.72. The van der Waals surface area contributed by atoms with Gasteiger partial charge in [0.2, 0.25) is 0 Å². The van der Waals surface area contributed by atoms with E-state index in [2.05, 4.69) is 15.6 Å². The number of halogens is 3. The van der Waals surface area contributed by atoms with Crippen LogP contribution >= 0.6 is 0 Å². The van der Waals surface area contributed by atoms with Crippen LogP contribution in [0.3, 0.4) is 0 Å².